The second-order valence-corrected chi connectivity index (χ2v) is 5.74. The fraction of sp³-hybridized carbons (Fsp3) is 0.400. The quantitative estimate of drug-likeness (QED) is 0.909. The maximum atomic E-state index is 4.76. The molecule has 3 rings (SSSR count). The summed E-state index contributed by atoms with van der Waals surface area (Å²) in [4.78, 5) is 4.76. The molecule has 1 aromatic carbocycles. The van der Waals surface area contributed by atoms with Crippen LogP contribution in [0.4, 0.5) is 0 Å². The van der Waals surface area contributed by atoms with Crippen LogP contribution >= 0.6 is 11.3 Å². The third kappa shape index (κ3) is 2.79. The Bertz CT molecular complexity index is 486. The molecule has 3 heteroatoms. The van der Waals surface area contributed by atoms with E-state index in [1.54, 1.807) is 11.3 Å². The maximum Gasteiger partial charge on any atom is 0.0932 e. The molecule has 0 radical (unpaired) electrons. The molecule has 0 spiro atoms. The van der Waals surface area contributed by atoms with E-state index in [9.17, 15) is 0 Å². The predicted molar refractivity (Wildman–Crippen MR) is 75.9 cm³/mol. The fourth-order valence-electron chi connectivity index (χ4n) is 2.43. The molecule has 0 aliphatic carbocycles. The Balaban J connectivity index is 1.60. The number of hydrogen-bond acceptors (Lipinski definition) is 3. The van der Waals surface area contributed by atoms with Crippen LogP contribution in [0.15, 0.2) is 35.7 Å². The van der Waals surface area contributed by atoms with E-state index in [1.165, 1.54) is 29.1 Å². The molecule has 1 atom stereocenters. The molecule has 2 heterocycles. The van der Waals surface area contributed by atoms with Crippen molar-refractivity contribution < 1.29 is 0 Å². The van der Waals surface area contributed by atoms with Gasteiger partial charge in [0.2, 0.25) is 0 Å². The lowest BCUT2D eigenvalue weighted by Crippen LogP contribution is -2.13. The van der Waals surface area contributed by atoms with Crippen LogP contribution in [0.2, 0.25) is 0 Å². The molecule has 1 N–H and O–H groups in total. The fourth-order valence-corrected chi connectivity index (χ4v) is 3.28. The largest absolute Gasteiger partial charge is 0.309 e. The molecule has 1 aromatic heterocycles. The average molecular weight is 258 g/mol. The highest BCUT2D eigenvalue weighted by atomic mass is 32.1. The van der Waals surface area contributed by atoms with Crippen molar-refractivity contribution in [2.45, 2.75) is 31.7 Å². The smallest absolute Gasteiger partial charge is 0.0932 e. The van der Waals surface area contributed by atoms with E-state index >= 15 is 0 Å². The van der Waals surface area contributed by atoms with E-state index in [-0.39, 0.29) is 0 Å². The molecular weight excluding hydrogens is 240 g/mol. The van der Waals surface area contributed by atoms with Gasteiger partial charge >= 0.3 is 0 Å². The topological polar surface area (TPSA) is 24.9 Å². The Morgan fingerprint density at radius 3 is 2.89 bits per heavy atom. The van der Waals surface area contributed by atoms with Crippen LogP contribution in [0.5, 0.6) is 0 Å². The van der Waals surface area contributed by atoms with Gasteiger partial charge in [-0.15, -0.1) is 11.3 Å². The second kappa shape index (κ2) is 5.63. The van der Waals surface area contributed by atoms with Crippen molar-refractivity contribution in [1.82, 2.24) is 10.3 Å². The maximum absolute atomic E-state index is 4.76. The zero-order chi connectivity index (χ0) is 12.2. The van der Waals surface area contributed by atoms with Crippen LogP contribution in [0.3, 0.4) is 0 Å². The van der Waals surface area contributed by atoms with Gasteiger partial charge in [-0.1, -0.05) is 30.3 Å². The zero-order valence-corrected chi connectivity index (χ0v) is 11.2. The summed E-state index contributed by atoms with van der Waals surface area (Å²) in [5, 5.41) is 7.00. The van der Waals surface area contributed by atoms with Crippen molar-refractivity contribution in [3.05, 3.63) is 52.0 Å². The summed E-state index contributed by atoms with van der Waals surface area (Å²) in [7, 11) is 0. The molecule has 2 aromatic rings. The standard InChI is InChI=1S/C15H18N2S/c1-2-5-12(6-3-1)8-9-15-17-14(11-18-15)13-7-4-10-16-13/h1-3,5-6,11,13,16H,4,7-10H2/t13-/m0/s1. The van der Waals surface area contributed by atoms with Gasteiger partial charge < -0.3 is 5.32 Å². The molecule has 94 valence electrons. The molecule has 1 saturated heterocycles. The summed E-state index contributed by atoms with van der Waals surface area (Å²) < 4.78 is 0. The van der Waals surface area contributed by atoms with E-state index in [2.05, 4.69) is 41.0 Å². The normalized spacial score (nSPS) is 19.2. The Morgan fingerprint density at radius 1 is 1.22 bits per heavy atom. The highest BCUT2D eigenvalue weighted by Gasteiger charge is 2.18. The van der Waals surface area contributed by atoms with Crippen molar-refractivity contribution in [2.75, 3.05) is 6.54 Å². The Labute approximate surface area is 112 Å². The number of hydrogen-bond donors (Lipinski definition) is 1. The number of aryl methyl sites for hydroxylation is 2. The highest BCUT2D eigenvalue weighted by molar-refractivity contribution is 7.09. The Morgan fingerprint density at radius 2 is 2.11 bits per heavy atom. The van der Waals surface area contributed by atoms with Gasteiger partial charge in [0.1, 0.15) is 0 Å². The molecule has 2 nitrogen and oxygen atoms in total. The highest BCUT2D eigenvalue weighted by Crippen LogP contribution is 2.24. The summed E-state index contributed by atoms with van der Waals surface area (Å²) in [6.07, 6.45) is 4.66. The molecule has 0 bridgehead atoms. The van der Waals surface area contributed by atoms with Gasteiger partial charge in [-0.3, -0.25) is 0 Å². The molecule has 1 fully saturated rings. The van der Waals surface area contributed by atoms with E-state index in [0.717, 1.165) is 19.4 Å². The minimum absolute atomic E-state index is 0.506. The first-order valence-corrected chi connectivity index (χ1v) is 7.51. The number of nitrogens with zero attached hydrogens (tertiary/aromatic N) is 1. The van der Waals surface area contributed by atoms with Crippen LogP contribution in [0.1, 0.15) is 35.1 Å². The van der Waals surface area contributed by atoms with Gasteiger partial charge in [-0.05, 0) is 31.4 Å². The van der Waals surface area contributed by atoms with E-state index < -0.39 is 0 Å². The molecule has 0 amide bonds. The first-order valence-electron chi connectivity index (χ1n) is 6.63. The Hall–Kier alpha value is -1.19. The second-order valence-electron chi connectivity index (χ2n) is 4.80. The van der Waals surface area contributed by atoms with Crippen molar-refractivity contribution in [1.29, 1.82) is 0 Å². The van der Waals surface area contributed by atoms with E-state index in [4.69, 9.17) is 4.98 Å². The van der Waals surface area contributed by atoms with E-state index in [1.807, 2.05) is 0 Å². The van der Waals surface area contributed by atoms with Crippen molar-refractivity contribution in [3.8, 4) is 0 Å². The third-order valence-corrected chi connectivity index (χ3v) is 4.38. The molecule has 1 aliphatic heterocycles. The van der Waals surface area contributed by atoms with Gasteiger partial charge in [0.05, 0.1) is 16.7 Å². The van der Waals surface area contributed by atoms with Gasteiger partial charge in [-0.25, -0.2) is 4.98 Å². The number of nitrogens with one attached hydrogen (secondary N) is 1. The number of thiazole rings is 1. The summed E-state index contributed by atoms with van der Waals surface area (Å²) in [6, 6.07) is 11.2. The lowest BCUT2D eigenvalue weighted by molar-refractivity contribution is 0.629. The molecule has 1 aliphatic rings. The molecular formula is C15H18N2S. The van der Waals surface area contributed by atoms with Gasteiger partial charge in [0.25, 0.3) is 0 Å². The summed E-state index contributed by atoms with van der Waals surface area (Å²) in [5.74, 6) is 0. The molecule has 0 saturated carbocycles. The zero-order valence-electron chi connectivity index (χ0n) is 10.4. The van der Waals surface area contributed by atoms with Crippen LogP contribution in [-0.2, 0) is 12.8 Å². The van der Waals surface area contributed by atoms with Crippen LogP contribution in [0, 0.1) is 0 Å². The minimum atomic E-state index is 0.506. The van der Waals surface area contributed by atoms with Gasteiger partial charge in [0, 0.05) is 11.8 Å². The third-order valence-electron chi connectivity index (χ3n) is 3.46. The lowest BCUT2D eigenvalue weighted by Gasteiger charge is -2.05. The first kappa shape index (κ1) is 11.9. The van der Waals surface area contributed by atoms with E-state index in [0.29, 0.717) is 6.04 Å². The molecule has 18 heavy (non-hydrogen) atoms. The molecule has 0 unspecified atom stereocenters. The van der Waals surface area contributed by atoms with Crippen molar-refractivity contribution >= 4 is 11.3 Å². The summed E-state index contributed by atoms with van der Waals surface area (Å²) in [5.41, 5.74) is 2.65. The SMILES string of the molecule is c1ccc(CCc2nc([C@@H]3CCCN3)cs2)cc1. The first-order chi connectivity index (χ1) is 8.92. The summed E-state index contributed by atoms with van der Waals surface area (Å²) >= 11 is 1.80. The van der Waals surface area contributed by atoms with Crippen molar-refractivity contribution in [2.24, 2.45) is 0 Å². The average Bonchev–Trinajstić information content (AvgIpc) is 3.08. The minimum Gasteiger partial charge on any atom is -0.309 e. The van der Waals surface area contributed by atoms with Gasteiger partial charge in [-0.2, -0.15) is 0 Å². The lowest BCUT2D eigenvalue weighted by atomic mass is 10.1. The van der Waals surface area contributed by atoms with Gasteiger partial charge in [0.15, 0.2) is 0 Å². The Kier molecular flexibility index (Phi) is 3.72. The monoisotopic (exact) mass is 258 g/mol. The number of aromatic nitrogens is 1. The number of benzene rings is 1. The van der Waals surface area contributed by atoms with Crippen LogP contribution < -0.4 is 5.32 Å². The number of rotatable bonds is 4. The predicted octanol–water partition coefficient (Wildman–Crippen LogP) is 3.35. The van der Waals surface area contributed by atoms with Crippen LogP contribution in [0.25, 0.3) is 0 Å². The van der Waals surface area contributed by atoms with Crippen LogP contribution in [-0.4, -0.2) is 11.5 Å². The van der Waals surface area contributed by atoms with Crippen molar-refractivity contribution in [3.63, 3.8) is 0 Å². The summed E-state index contributed by atoms with van der Waals surface area (Å²) in [6.45, 7) is 1.14.